The van der Waals surface area contributed by atoms with Crippen LogP contribution in [0.25, 0.3) is 0 Å². The standard InChI is InChI=1S/C13H16N2O3/c1-2-18-13(17)15-11-10-6-4-3-5-9(10)7-8-14-12(11)16/h3-6,11H,2,7-8H2,1H3,(H,14,16)(H,15,17)/t11-/m1/s1. The van der Waals surface area contributed by atoms with Gasteiger partial charge in [-0.25, -0.2) is 4.79 Å². The molecule has 0 saturated heterocycles. The first kappa shape index (κ1) is 12.4. The van der Waals surface area contributed by atoms with E-state index in [2.05, 4.69) is 10.6 Å². The predicted octanol–water partition coefficient (Wildman–Crippen LogP) is 1.15. The van der Waals surface area contributed by atoms with Crippen LogP contribution in [-0.4, -0.2) is 25.2 Å². The van der Waals surface area contributed by atoms with Crippen LogP contribution in [0, 0.1) is 0 Å². The van der Waals surface area contributed by atoms with Crippen LogP contribution < -0.4 is 10.6 Å². The predicted molar refractivity (Wildman–Crippen MR) is 66.1 cm³/mol. The summed E-state index contributed by atoms with van der Waals surface area (Å²) in [5, 5.41) is 5.37. The lowest BCUT2D eigenvalue weighted by atomic mass is 9.99. The average molecular weight is 248 g/mol. The zero-order valence-corrected chi connectivity index (χ0v) is 10.2. The third-order valence-electron chi connectivity index (χ3n) is 2.86. The van der Waals surface area contributed by atoms with Crippen molar-refractivity contribution in [3.05, 3.63) is 35.4 Å². The number of ether oxygens (including phenoxy) is 1. The van der Waals surface area contributed by atoms with E-state index in [0.29, 0.717) is 6.54 Å². The molecule has 2 rings (SSSR count). The molecule has 1 aliphatic heterocycles. The quantitative estimate of drug-likeness (QED) is 0.825. The van der Waals surface area contributed by atoms with Gasteiger partial charge < -0.3 is 15.4 Å². The number of rotatable bonds is 2. The number of nitrogens with one attached hydrogen (secondary N) is 2. The maximum Gasteiger partial charge on any atom is 0.408 e. The number of carbonyl (C=O) groups excluding carboxylic acids is 2. The van der Waals surface area contributed by atoms with Crippen molar-refractivity contribution < 1.29 is 14.3 Å². The molecule has 18 heavy (non-hydrogen) atoms. The highest BCUT2D eigenvalue weighted by Crippen LogP contribution is 2.21. The number of carbonyl (C=O) groups is 2. The van der Waals surface area contributed by atoms with Gasteiger partial charge in [0.15, 0.2) is 0 Å². The molecule has 5 heteroatoms. The molecule has 2 N–H and O–H groups in total. The second-order valence-corrected chi connectivity index (χ2v) is 4.04. The average Bonchev–Trinajstić information content (AvgIpc) is 2.51. The van der Waals surface area contributed by atoms with Crippen molar-refractivity contribution in [2.75, 3.05) is 13.2 Å². The van der Waals surface area contributed by atoms with Gasteiger partial charge in [0.1, 0.15) is 6.04 Å². The Kier molecular flexibility index (Phi) is 3.82. The molecular formula is C13H16N2O3. The molecule has 1 aliphatic rings. The Hall–Kier alpha value is -2.04. The fourth-order valence-corrected chi connectivity index (χ4v) is 2.04. The first-order valence-corrected chi connectivity index (χ1v) is 6.01. The van der Waals surface area contributed by atoms with E-state index in [1.54, 1.807) is 6.92 Å². The lowest BCUT2D eigenvalue weighted by Crippen LogP contribution is -2.39. The first-order chi connectivity index (χ1) is 8.72. The van der Waals surface area contributed by atoms with E-state index in [4.69, 9.17) is 4.74 Å². The number of fused-ring (bicyclic) bond motifs is 1. The van der Waals surface area contributed by atoms with Crippen LogP contribution in [0.2, 0.25) is 0 Å². The van der Waals surface area contributed by atoms with Gasteiger partial charge in [-0.3, -0.25) is 4.79 Å². The van der Waals surface area contributed by atoms with Crippen molar-refractivity contribution in [2.24, 2.45) is 0 Å². The Labute approximate surface area is 106 Å². The monoisotopic (exact) mass is 248 g/mol. The zero-order valence-electron chi connectivity index (χ0n) is 10.2. The van der Waals surface area contributed by atoms with Crippen molar-refractivity contribution in [2.45, 2.75) is 19.4 Å². The number of hydrogen-bond donors (Lipinski definition) is 2. The third-order valence-corrected chi connectivity index (χ3v) is 2.86. The normalized spacial score (nSPS) is 18.3. The van der Waals surface area contributed by atoms with Gasteiger partial charge in [-0.2, -0.15) is 0 Å². The van der Waals surface area contributed by atoms with Crippen molar-refractivity contribution in [3.63, 3.8) is 0 Å². The molecule has 0 spiro atoms. The summed E-state index contributed by atoms with van der Waals surface area (Å²) < 4.78 is 4.82. The number of hydrogen-bond acceptors (Lipinski definition) is 3. The SMILES string of the molecule is CCOC(=O)N[C@H]1C(=O)NCCc2ccccc21. The van der Waals surface area contributed by atoms with E-state index in [-0.39, 0.29) is 12.5 Å². The van der Waals surface area contributed by atoms with Crippen LogP contribution in [0.1, 0.15) is 24.1 Å². The van der Waals surface area contributed by atoms with E-state index in [9.17, 15) is 9.59 Å². The molecule has 1 heterocycles. The fourth-order valence-electron chi connectivity index (χ4n) is 2.04. The number of alkyl carbamates (subject to hydrolysis) is 1. The van der Waals surface area contributed by atoms with E-state index < -0.39 is 12.1 Å². The second kappa shape index (κ2) is 5.53. The van der Waals surface area contributed by atoms with Crippen LogP contribution in [0.15, 0.2) is 24.3 Å². The summed E-state index contributed by atoms with van der Waals surface area (Å²) in [5.74, 6) is -0.201. The Bertz CT molecular complexity index is 459. The lowest BCUT2D eigenvalue weighted by Gasteiger charge is -2.17. The summed E-state index contributed by atoms with van der Waals surface area (Å²) in [7, 11) is 0. The van der Waals surface area contributed by atoms with E-state index >= 15 is 0 Å². The van der Waals surface area contributed by atoms with E-state index in [1.807, 2.05) is 24.3 Å². The van der Waals surface area contributed by atoms with Gasteiger partial charge in [0.05, 0.1) is 6.61 Å². The molecule has 5 nitrogen and oxygen atoms in total. The first-order valence-electron chi connectivity index (χ1n) is 6.01. The Balaban J connectivity index is 2.25. The van der Waals surface area contributed by atoms with Gasteiger partial charge in [-0.05, 0) is 24.5 Å². The largest absolute Gasteiger partial charge is 0.450 e. The Morgan fingerprint density at radius 2 is 2.28 bits per heavy atom. The molecule has 2 amide bonds. The minimum atomic E-state index is -0.678. The summed E-state index contributed by atoms with van der Waals surface area (Å²) >= 11 is 0. The highest BCUT2D eigenvalue weighted by atomic mass is 16.5. The maximum absolute atomic E-state index is 11.9. The summed E-state index contributed by atoms with van der Waals surface area (Å²) in [6.45, 7) is 2.58. The van der Waals surface area contributed by atoms with Gasteiger partial charge in [-0.1, -0.05) is 24.3 Å². The van der Waals surface area contributed by atoms with Crippen molar-refractivity contribution in [1.82, 2.24) is 10.6 Å². The van der Waals surface area contributed by atoms with Gasteiger partial charge in [0, 0.05) is 6.54 Å². The van der Waals surface area contributed by atoms with Crippen molar-refractivity contribution in [3.8, 4) is 0 Å². The van der Waals surface area contributed by atoms with Crippen molar-refractivity contribution >= 4 is 12.0 Å². The fraction of sp³-hybridized carbons (Fsp3) is 0.385. The van der Waals surface area contributed by atoms with E-state index in [0.717, 1.165) is 17.5 Å². The minimum Gasteiger partial charge on any atom is -0.450 e. The second-order valence-electron chi connectivity index (χ2n) is 4.04. The van der Waals surface area contributed by atoms with Gasteiger partial charge in [-0.15, -0.1) is 0 Å². The Morgan fingerprint density at radius 3 is 3.06 bits per heavy atom. The van der Waals surface area contributed by atoms with Crippen LogP contribution in [0.4, 0.5) is 4.79 Å². The molecular weight excluding hydrogens is 232 g/mol. The number of amides is 2. The molecule has 1 atom stereocenters. The molecule has 0 unspecified atom stereocenters. The molecule has 1 aromatic carbocycles. The molecule has 96 valence electrons. The highest BCUT2D eigenvalue weighted by Gasteiger charge is 2.27. The zero-order chi connectivity index (χ0) is 13.0. The Morgan fingerprint density at radius 1 is 1.50 bits per heavy atom. The van der Waals surface area contributed by atoms with Gasteiger partial charge >= 0.3 is 6.09 Å². The summed E-state index contributed by atoms with van der Waals surface area (Å²) in [5.41, 5.74) is 1.90. The van der Waals surface area contributed by atoms with Crippen molar-refractivity contribution in [1.29, 1.82) is 0 Å². The van der Waals surface area contributed by atoms with E-state index in [1.165, 1.54) is 0 Å². The van der Waals surface area contributed by atoms with Crippen LogP contribution in [0.3, 0.4) is 0 Å². The van der Waals surface area contributed by atoms with Crippen LogP contribution in [-0.2, 0) is 16.0 Å². The molecule has 0 saturated carbocycles. The van der Waals surface area contributed by atoms with Gasteiger partial charge in [0.25, 0.3) is 0 Å². The maximum atomic E-state index is 11.9. The molecule has 0 aliphatic carbocycles. The molecule has 0 bridgehead atoms. The lowest BCUT2D eigenvalue weighted by molar-refractivity contribution is -0.123. The third kappa shape index (κ3) is 2.61. The molecule has 0 aromatic heterocycles. The minimum absolute atomic E-state index is 0.201. The molecule has 0 radical (unpaired) electrons. The summed E-state index contributed by atoms with van der Waals surface area (Å²) in [4.78, 5) is 23.4. The summed E-state index contributed by atoms with van der Waals surface area (Å²) in [6, 6.07) is 6.93. The smallest absolute Gasteiger partial charge is 0.408 e. The summed E-state index contributed by atoms with van der Waals surface area (Å²) in [6.07, 6.45) is 0.192. The molecule has 0 fully saturated rings. The van der Waals surface area contributed by atoms with Gasteiger partial charge in [0.2, 0.25) is 5.91 Å². The van der Waals surface area contributed by atoms with Crippen LogP contribution in [0.5, 0.6) is 0 Å². The number of benzene rings is 1. The topological polar surface area (TPSA) is 67.4 Å². The highest BCUT2D eigenvalue weighted by molar-refractivity contribution is 5.87. The molecule has 1 aromatic rings. The van der Waals surface area contributed by atoms with Crippen LogP contribution >= 0.6 is 0 Å².